The van der Waals surface area contributed by atoms with Gasteiger partial charge >= 0.3 is 0 Å². The van der Waals surface area contributed by atoms with E-state index in [-0.39, 0.29) is 17.5 Å². The molecule has 76 valence electrons. The summed E-state index contributed by atoms with van der Waals surface area (Å²) in [6.45, 7) is 0. The van der Waals surface area contributed by atoms with E-state index < -0.39 is 0 Å². The van der Waals surface area contributed by atoms with E-state index in [1.165, 1.54) is 12.1 Å². The molecule has 0 saturated heterocycles. The summed E-state index contributed by atoms with van der Waals surface area (Å²) in [6, 6.07) is 4.26. The molecule has 0 aromatic heterocycles. The van der Waals surface area contributed by atoms with Gasteiger partial charge in [0.1, 0.15) is 6.29 Å². The van der Waals surface area contributed by atoms with Gasteiger partial charge in [0, 0.05) is 0 Å². The molecule has 1 unspecified atom stereocenters. The molecule has 0 aliphatic carbocycles. The summed E-state index contributed by atoms with van der Waals surface area (Å²) in [4.78, 5) is 10.5. The number of aromatic hydroxyl groups is 2. The average molecular weight is 195 g/mol. The van der Waals surface area contributed by atoms with E-state index in [4.69, 9.17) is 5.11 Å². The molecule has 0 aliphatic heterocycles. The van der Waals surface area contributed by atoms with Crippen LogP contribution in [0.1, 0.15) is 5.56 Å². The van der Waals surface area contributed by atoms with Crippen molar-refractivity contribution >= 4 is 6.29 Å². The van der Waals surface area contributed by atoms with Gasteiger partial charge in [0.2, 0.25) is 0 Å². The lowest BCUT2D eigenvalue weighted by Crippen LogP contribution is -2.28. The number of nitrogens with one attached hydrogen (secondary N) is 1. The Bertz CT molecular complexity index is 325. The Morgan fingerprint density at radius 1 is 1.43 bits per heavy atom. The van der Waals surface area contributed by atoms with Crippen LogP contribution >= 0.6 is 0 Å². The molecule has 3 N–H and O–H groups in total. The summed E-state index contributed by atoms with van der Waals surface area (Å²) >= 11 is 0. The van der Waals surface area contributed by atoms with Crippen LogP contribution in [0.3, 0.4) is 0 Å². The number of hydrogen-bond acceptors (Lipinski definition) is 4. The van der Waals surface area contributed by atoms with Gasteiger partial charge in [-0.2, -0.15) is 0 Å². The first kappa shape index (κ1) is 10.5. The van der Waals surface area contributed by atoms with E-state index >= 15 is 0 Å². The van der Waals surface area contributed by atoms with Crippen LogP contribution in [-0.4, -0.2) is 29.6 Å². The van der Waals surface area contributed by atoms with Gasteiger partial charge < -0.3 is 20.3 Å². The van der Waals surface area contributed by atoms with Crippen molar-refractivity contribution in [1.82, 2.24) is 5.32 Å². The molecule has 4 heteroatoms. The van der Waals surface area contributed by atoms with Crippen LogP contribution in [0.15, 0.2) is 18.2 Å². The van der Waals surface area contributed by atoms with Crippen molar-refractivity contribution in [1.29, 1.82) is 0 Å². The first-order valence-electron chi connectivity index (χ1n) is 4.30. The molecule has 1 rings (SSSR count). The predicted molar refractivity (Wildman–Crippen MR) is 52.4 cm³/mol. The molecule has 0 bridgehead atoms. The van der Waals surface area contributed by atoms with Crippen molar-refractivity contribution in [3.05, 3.63) is 23.8 Å². The Morgan fingerprint density at radius 3 is 2.64 bits per heavy atom. The second kappa shape index (κ2) is 4.62. The third-order valence-electron chi connectivity index (χ3n) is 2.03. The van der Waals surface area contributed by atoms with E-state index in [0.717, 1.165) is 11.8 Å². The van der Waals surface area contributed by atoms with Crippen molar-refractivity contribution in [3.8, 4) is 11.5 Å². The lowest BCUT2D eigenvalue weighted by Gasteiger charge is -2.09. The molecule has 14 heavy (non-hydrogen) atoms. The Hall–Kier alpha value is -1.55. The van der Waals surface area contributed by atoms with Crippen LogP contribution in [0.4, 0.5) is 0 Å². The van der Waals surface area contributed by atoms with Crippen molar-refractivity contribution in [2.24, 2.45) is 0 Å². The van der Waals surface area contributed by atoms with Crippen molar-refractivity contribution in [2.75, 3.05) is 7.05 Å². The van der Waals surface area contributed by atoms with Gasteiger partial charge in [0.25, 0.3) is 0 Å². The Labute approximate surface area is 82.2 Å². The Kier molecular flexibility index (Phi) is 3.48. The maximum absolute atomic E-state index is 10.5. The van der Waals surface area contributed by atoms with Gasteiger partial charge in [-0.25, -0.2) is 0 Å². The fourth-order valence-electron chi connectivity index (χ4n) is 1.17. The average Bonchev–Trinajstić information content (AvgIpc) is 2.19. The summed E-state index contributed by atoms with van der Waals surface area (Å²) in [5.74, 6) is -0.316. The first-order valence-corrected chi connectivity index (χ1v) is 4.30. The predicted octanol–water partition coefficient (Wildman–Crippen LogP) is 0.427. The molecule has 1 aromatic carbocycles. The maximum Gasteiger partial charge on any atom is 0.157 e. The van der Waals surface area contributed by atoms with Gasteiger partial charge in [0.05, 0.1) is 6.04 Å². The van der Waals surface area contributed by atoms with Gasteiger partial charge in [-0.1, -0.05) is 6.07 Å². The number of phenolic OH excluding ortho intramolecular Hbond substituents is 2. The zero-order valence-electron chi connectivity index (χ0n) is 7.90. The molecule has 0 amide bonds. The maximum atomic E-state index is 10.5. The monoisotopic (exact) mass is 195 g/mol. The number of likely N-dealkylation sites (N-methyl/N-ethyl adjacent to an activating group) is 1. The van der Waals surface area contributed by atoms with Crippen molar-refractivity contribution in [2.45, 2.75) is 12.5 Å². The van der Waals surface area contributed by atoms with Crippen LogP contribution in [-0.2, 0) is 11.2 Å². The number of carbonyl (C=O) groups excluding carboxylic acids is 1. The summed E-state index contributed by atoms with van der Waals surface area (Å²) in [5.41, 5.74) is 0.798. The van der Waals surface area contributed by atoms with Crippen LogP contribution in [0.5, 0.6) is 11.5 Å². The summed E-state index contributed by atoms with van der Waals surface area (Å²) < 4.78 is 0. The first-order chi connectivity index (χ1) is 6.67. The normalized spacial score (nSPS) is 12.4. The van der Waals surface area contributed by atoms with Gasteiger partial charge in [-0.05, 0) is 31.2 Å². The van der Waals surface area contributed by atoms with Crippen LogP contribution in [0.2, 0.25) is 0 Å². The third kappa shape index (κ3) is 2.47. The quantitative estimate of drug-likeness (QED) is 0.481. The molecule has 0 aliphatic rings. The zero-order valence-corrected chi connectivity index (χ0v) is 7.90. The molecule has 0 fully saturated rings. The van der Waals surface area contributed by atoms with Crippen LogP contribution in [0, 0.1) is 0 Å². The fraction of sp³-hybridized carbons (Fsp3) is 0.300. The smallest absolute Gasteiger partial charge is 0.157 e. The van der Waals surface area contributed by atoms with E-state index in [1.807, 2.05) is 0 Å². The van der Waals surface area contributed by atoms with Crippen LogP contribution < -0.4 is 5.32 Å². The molecule has 1 atom stereocenters. The number of carbonyl (C=O) groups is 1. The minimum atomic E-state index is -0.265. The number of aldehydes is 1. The number of benzene rings is 1. The second-order valence-electron chi connectivity index (χ2n) is 3.06. The number of hydrogen-bond donors (Lipinski definition) is 3. The fourth-order valence-corrected chi connectivity index (χ4v) is 1.17. The zero-order chi connectivity index (χ0) is 10.6. The van der Waals surface area contributed by atoms with E-state index in [0.29, 0.717) is 6.42 Å². The minimum absolute atomic E-state index is 0.152. The molecule has 0 heterocycles. The minimum Gasteiger partial charge on any atom is -0.504 e. The highest BCUT2D eigenvalue weighted by molar-refractivity contribution is 5.58. The molecule has 0 spiro atoms. The summed E-state index contributed by atoms with van der Waals surface area (Å²) in [5, 5.41) is 21.1. The Balaban J connectivity index is 2.76. The van der Waals surface area contributed by atoms with E-state index in [9.17, 15) is 9.90 Å². The van der Waals surface area contributed by atoms with Gasteiger partial charge in [0.15, 0.2) is 11.5 Å². The highest BCUT2D eigenvalue weighted by Gasteiger charge is 2.07. The SMILES string of the molecule is CNC(C=O)Cc1ccc(O)c(O)c1. The van der Waals surface area contributed by atoms with E-state index in [1.54, 1.807) is 13.1 Å². The topological polar surface area (TPSA) is 69.6 Å². The van der Waals surface area contributed by atoms with Crippen molar-refractivity contribution in [3.63, 3.8) is 0 Å². The third-order valence-corrected chi connectivity index (χ3v) is 2.03. The highest BCUT2D eigenvalue weighted by atomic mass is 16.3. The molecule has 0 saturated carbocycles. The number of phenols is 2. The Morgan fingerprint density at radius 2 is 2.14 bits per heavy atom. The largest absolute Gasteiger partial charge is 0.504 e. The van der Waals surface area contributed by atoms with Crippen molar-refractivity contribution < 1.29 is 15.0 Å². The van der Waals surface area contributed by atoms with E-state index in [2.05, 4.69) is 5.32 Å². The standard InChI is InChI=1S/C10H13NO3/c1-11-8(6-12)4-7-2-3-9(13)10(14)5-7/h2-3,5-6,8,11,13-14H,4H2,1H3. The molecular weight excluding hydrogens is 182 g/mol. The summed E-state index contributed by atoms with van der Waals surface area (Å²) in [6.07, 6.45) is 1.30. The molecule has 4 nitrogen and oxygen atoms in total. The number of rotatable bonds is 4. The lowest BCUT2D eigenvalue weighted by atomic mass is 10.1. The van der Waals surface area contributed by atoms with Crippen LogP contribution in [0.25, 0.3) is 0 Å². The highest BCUT2D eigenvalue weighted by Crippen LogP contribution is 2.25. The molecule has 1 aromatic rings. The molecular formula is C10H13NO3. The van der Waals surface area contributed by atoms with Gasteiger partial charge in [-0.3, -0.25) is 0 Å². The van der Waals surface area contributed by atoms with Gasteiger partial charge in [-0.15, -0.1) is 0 Å². The molecule has 0 radical (unpaired) electrons. The lowest BCUT2D eigenvalue weighted by molar-refractivity contribution is -0.109. The second-order valence-corrected chi connectivity index (χ2v) is 3.06. The summed E-state index contributed by atoms with van der Waals surface area (Å²) in [7, 11) is 1.69.